The summed E-state index contributed by atoms with van der Waals surface area (Å²) in [5.74, 6) is -0.512. The van der Waals surface area contributed by atoms with E-state index in [9.17, 15) is 9.59 Å². The first kappa shape index (κ1) is 15.4. The highest BCUT2D eigenvalue weighted by atomic mass is 32.1. The topological polar surface area (TPSA) is 88.3 Å². The Kier molecular flexibility index (Phi) is 4.87. The zero-order valence-corrected chi connectivity index (χ0v) is 12.9. The normalized spacial score (nSPS) is 10.6. The first-order valence-corrected chi connectivity index (χ1v) is 7.50. The van der Waals surface area contributed by atoms with Gasteiger partial charge in [0.2, 0.25) is 11.8 Å². The Morgan fingerprint density at radius 3 is 2.86 bits per heavy atom. The van der Waals surface area contributed by atoms with Crippen LogP contribution >= 0.6 is 11.3 Å². The second-order valence-electron chi connectivity index (χ2n) is 4.65. The van der Waals surface area contributed by atoms with Gasteiger partial charge in [-0.1, -0.05) is 17.4 Å². The van der Waals surface area contributed by atoms with Gasteiger partial charge >= 0.3 is 0 Å². The Morgan fingerprint density at radius 1 is 1.43 bits per heavy atom. The summed E-state index contributed by atoms with van der Waals surface area (Å²) >= 11 is 1.42. The van der Waals surface area contributed by atoms with Crippen molar-refractivity contribution in [1.82, 2.24) is 9.88 Å². The van der Waals surface area contributed by atoms with E-state index in [0.717, 1.165) is 15.8 Å². The summed E-state index contributed by atoms with van der Waals surface area (Å²) in [5.41, 5.74) is 7.31. The number of amides is 2. The number of anilines is 1. The fourth-order valence-electron chi connectivity index (χ4n) is 1.92. The highest BCUT2D eigenvalue weighted by molar-refractivity contribution is 7.22. The number of hydrogen-bond donors (Lipinski definition) is 2. The summed E-state index contributed by atoms with van der Waals surface area (Å²) in [4.78, 5) is 29.2. The van der Waals surface area contributed by atoms with Gasteiger partial charge in [0.1, 0.15) is 0 Å². The molecule has 0 spiro atoms. The second-order valence-corrected chi connectivity index (χ2v) is 5.68. The highest BCUT2D eigenvalue weighted by Crippen LogP contribution is 2.26. The van der Waals surface area contributed by atoms with E-state index >= 15 is 0 Å². The standard InChI is InChI=1S/C14H18N4O2S/c1-3-18(13(20)7-15)8-12(19)17-14-16-10-5-4-9(2)6-11(10)21-14/h4-6H,3,7-8,15H2,1-2H3,(H,16,17,19). The number of thiazole rings is 1. The van der Waals surface area contributed by atoms with Gasteiger partial charge in [0.15, 0.2) is 5.13 Å². The first-order valence-electron chi connectivity index (χ1n) is 6.68. The maximum absolute atomic E-state index is 12.0. The van der Waals surface area contributed by atoms with Gasteiger partial charge in [-0.25, -0.2) is 4.98 Å². The van der Waals surface area contributed by atoms with Crippen molar-refractivity contribution >= 4 is 38.5 Å². The van der Waals surface area contributed by atoms with Crippen LogP contribution in [-0.4, -0.2) is 41.3 Å². The van der Waals surface area contributed by atoms with Crippen LogP contribution < -0.4 is 11.1 Å². The van der Waals surface area contributed by atoms with Crippen LogP contribution in [-0.2, 0) is 9.59 Å². The molecule has 0 aliphatic rings. The number of rotatable bonds is 5. The van der Waals surface area contributed by atoms with Crippen LogP contribution in [0.4, 0.5) is 5.13 Å². The van der Waals surface area contributed by atoms with Crippen molar-refractivity contribution < 1.29 is 9.59 Å². The molecular weight excluding hydrogens is 288 g/mol. The molecule has 0 atom stereocenters. The van der Waals surface area contributed by atoms with E-state index in [1.165, 1.54) is 16.2 Å². The third-order valence-electron chi connectivity index (χ3n) is 3.03. The van der Waals surface area contributed by atoms with Crippen LogP contribution in [0.15, 0.2) is 18.2 Å². The molecule has 112 valence electrons. The highest BCUT2D eigenvalue weighted by Gasteiger charge is 2.15. The number of fused-ring (bicyclic) bond motifs is 1. The van der Waals surface area contributed by atoms with Gasteiger partial charge in [-0.05, 0) is 31.5 Å². The smallest absolute Gasteiger partial charge is 0.245 e. The number of aromatic nitrogens is 1. The third-order valence-corrected chi connectivity index (χ3v) is 3.97. The average molecular weight is 306 g/mol. The van der Waals surface area contributed by atoms with Crippen LogP contribution in [0.25, 0.3) is 10.2 Å². The number of carbonyl (C=O) groups is 2. The molecular formula is C14H18N4O2S. The number of nitrogens with zero attached hydrogens (tertiary/aromatic N) is 2. The van der Waals surface area contributed by atoms with Crippen molar-refractivity contribution in [2.75, 3.05) is 25.0 Å². The molecule has 0 saturated carbocycles. The van der Waals surface area contributed by atoms with E-state index in [4.69, 9.17) is 5.73 Å². The molecule has 2 aromatic rings. The van der Waals surface area contributed by atoms with Crippen molar-refractivity contribution in [2.24, 2.45) is 5.73 Å². The van der Waals surface area contributed by atoms with Gasteiger partial charge in [0.05, 0.1) is 23.3 Å². The van der Waals surface area contributed by atoms with Gasteiger partial charge in [-0.3, -0.25) is 9.59 Å². The predicted molar refractivity (Wildman–Crippen MR) is 84.3 cm³/mol. The quantitative estimate of drug-likeness (QED) is 0.873. The van der Waals surface area contributed by atoms with Gasteiger partial charge in [0, 0.05) is 6.54 Å². The molecule has 0 unspecified atom stereocenters. The molecule has 2 amide bonds. The summed E-state index contributed by atoms with van der Waals surface area (Å²) in [7, 11) is 0. The zero-order valence-electron chi connectivity index (χ0n) is 12.0. The molecule has 6 nitrogen and oxygen atoms in total. The number of aryl methyl sites for hydroxylation is 1. The fraction of sp³-hybridized carbons (Fsp3) is 0.357. The van der Waals surface area contributed by atoms with Crippen LogP contribution in [0.1, 0.15) is 12.5 Å². The van der Waals surface area contributed by atoms with E-state index in [1.54, 1.807) is 6.92 Å². The number of likely N-dealkylation sites (N-methyl/N-ethyl adjacent to an activating group) is 1. The lowest BCUT2D eigenvalue weighted by atomic mass is 10.2. The number of benzene rings is 1. The van der Waals surface area contributed by atoms with Crippen LogP contribution in [0.2, 0.25) is 0 Å². The molecule has 1 aromatic heterocycles. The molecule has 0 aliphatic heterocycles. The maximum Gasteiger partial charge on any atom is 0.245 e. The van der Waals surface area contributed by atoms with E-state index in [0.29, 0.717) is 11.7 Å². The van der Waals surface area contributed by atoms with Gasteiger partial charge in [0.25, 0.3) is 0 Å². The molecule has 3 N–H and O–H groups in total. The van der Waals surface area contributed by atoms with E-state index < -0.39 is 0 Å². The monoisotopic (exact) mass is 306 g/mol. The maximum atomic E-state index is 12.0. The van der Waals surface area contributed by atoms with Crippen LogP contribution in [0, 0.1) is 6.92 Å². The Hall–Kier alpha value is -1.99. The molecule has 0 fully saturated rings. The molecule has 0 saturated heterocycles. The molecule has 2 rings (SSSR count). The molecule has 21 heavy (non-hydrogen) atoms. The second kappa shape index (κ2) is 6.64. The third kappa shape index (κ3) is 3.77. The van der Waals surface area contributed by atoms with Crippen molar-refractivity contribution in [3.63, 3.8) is 0 Å². The number of hydrogen-bond acceptors (Lipinski definition) is 5. The molecule has 0 radical (unpaired) electrons. The number of nitrogens with two attached hydrogens (primary N) is 1. The van der Waals surface area contributed by atoms with Gasteiger partial charge in [-0.2, -0.15) is 0 Å². The van der Waals surface area contributed by atoms with Crippen molar-refractivity contribution in [2.45, 2.75) is 13.8 Å². The lowest BCUT2D eigenvalue weighted by Gasteiger charge is -2.18. The molecule has 0 aliphatic carbocycles. The SMILES string of the molecule is CCN(CC(=O)Nc1nc2ccc(C)cc2s1)C(=O)CN. The molecule has 1 aromatic carbocycles. The number of carbonyl (C=O) groups excluding carboxylic acids is 2. The molecule has 1 heterocycles. The zero-order chi connectivity index (χ0) is 15.4. The summed E-state index contributed by atoms with van der Waals surface area (Å²) in [6.07, 6.45) is 0. The summed E-state index contributed by atoms with van der Waals surface area (Å²) < 4.78 is 1.02. The van der Waals surface area contributed by atoms with Crippen LogP contribution in [0.5, 0.6) is 0 Å². The molecule has 7 heteroatoms. The lowest BCUT2D eigenvalue weighted by Crippen LogP contribution is -2.41. The molecule has 0 bridgehead atoms. The van der Waals surface area contributed by atoms with Crippen LogP contribution in [0.3, 0.4) is 0 Å². The van der Waals surface area contributed by atoms with Crippen molar-refractivity contribution in [1.29, 1.82) is 0 Å². The number of nitrogens with one attached hydrogen (secondary N) is 1. The Labute approximate surface area is 127 Å². The van der Waals surface area contributed by atoms with Gasteiger partial charge in [-0.15, -0.1) is 0 Å². The van der Waals surface area contributed by atoms with E-state index in [2.05, 4.69) is 10.3 Å². The Morgan fingerprint density at radius 2 is 2.19 bits per heavy atom. The first-order chi connectivity index (χ1) is 10.0. The largest absolute Gasteiger partial charge is 0.333 e. The summed E-state index contributed by atoms with van der Waals surface area (Å²) in [6, 6.07) is 5.93. The van der Waals surface area contributed by atoms with Crippen molar-refractivity contribution in [3.05, 3.63) is 23.8 Å². The Bertz CT molecular complexity index is 668. The minimum atomic E-state index is -0.269. The lowest BCUT2D eigenvalue weighted by molar-refractivity contribution is -0.133. The van der Waals surface area contributed by atoms with Gasteiger partial charge < -0.3 is 16.0 Å². The minimum absolute atomic E-state index is 0.0124. The summed E-state index contributed by atoms with van der Waals surface area (Å²) in [6.45, 7) is 4.15. The fourth-order valence-corrected chi connectivity index (χ4v) is 2.90. The van der Waals surface area contributed by atoms with Crippen molar-refractivity contribution in [3.8, 4) is 0 Å². The predicted octanol–water partition coefficient (Wildman–Crippen LogP) is 1.35. The van der Waals surface area contributed by atoms with E-state index in [1.807, 2.05) is 25.1 Å². The minimum Gasteiger partial charge on any atom is -0.333 e. The summed E-state index contributed by atoms with van der Waals surface area (Å²) in [5, 5.41) is 3.27. The Balaban J connectivity index is 2.05. The average Bonchev–Trinajstić information content (AvgIpc) is 2.84. The van der Waals surface area contributed by atoms with E-state index in [-0.39, 0.29) is 24.9 Å².